The van der Waals surface area contributed by atoms with E-state index >= 15 is 0 Å². The van der Waals surface area contributed by atoms with Gasteiger partial charge in [0.05, 0.1) is 12.2 Å². The minimum absolute atomic E-state index is 0.00549. The molecule has 13 heavy (non-hydrogen) atoms. The Hall–Kier alpha value is -1.47. The molecule has 0 saturated heterocycles. The van der Waals surface area contributed by atoms with Crippen molar-refractivity contribution in [3.63, 3.8) is 0 Å². The smallest absolute Gasteiger partial charge is 0.176 e. The van der Waals surface area contributed by atoms with Crippen molar-refractivity contribution in [3.05, 3.63) is 34.9 Å². The van der Waals surface area contributed by atoms with Gasteiger partial charge < -0.3 is 4.74 Å². The van der Waals surface area contributed by atoms with Gasteiger partial charge in [-0.2, -0.15) is 5.26 Å². The van der Waals surface area contributed by atoms with Crippen molar-refractivity contribution in [2.45, 2.75) is 6.61 Å². The first kappa shape index (κ1) is 9.62. The van der Waals surface area contributed by atoms with Crippen molar-refractivity contribution in [1.29, 1.82) is 5.26 Å². The van der Waals surface area contributed by atoms with Crippen molar-refractivity contribution in [3.8, 4) is 6.07 Å². The standard InChI is InChI=1S/C9H7F2NO/c1-13-5-7-3-2-6(4-12)8(10)9(7)11/h2-3H,5H2,1H3. The predicted molar refractivity (Wildman–Crippen MR) is 41.8 cm³/mol. The molecule has 4 heteroatoms. The molecule has 1 aromatic rings. The van der Waals surface area contributed by atoms with Gasteiger partial charge in [0.1, 0.15) is 6.07 Å². The SMILES string of the molecule is COCc1ccc(C#N)c(F)c1F. The monoisotopic (exact) mass is 183 g/mol. The highest BCUT2D eigenvalue weighted by atomic mass is 19.2. The first-order chi connectivity index (χ1) is 6.20. The summed E-state index contributed by atoms with van der Waals surface area (Å²) in [5, 5.41) is 8.38. The Labute approximate surface area is 74.4 Å². The lowest BCUT2D eigenvalue weighted by molar-refractivity contribution is 0.180. The van der Waals surface area contributed by atoms with Crippen molar-refractivity contribution in [1.82, 2.24) is 0 Å². The average Bonchev–Trinajstić information content (AvgIpc) is 2.14. The van der Waals surface area contributed by atoms with Crippen molar-refractivity contribution >= 4 is 0 Å². The Kier molecular flexibility index (Phi) is 2.93. The van der Waals surface area contributed by atoms with Gasteiger partial charge in [-0.1, -0.05) is 6.07 Å². The molecular weight excluding hydrogens is 176 g/mol. The quantitative estimate of drug-likeness (QED) is 0.702. The number of rotatable bonds is 2. The molecule has 0 spiro atoms. The van der Waals surface area contributed by atoms with E-state index in [0.717, 1.165) is 0 Å². The Morgan fingerprint density at radius 2 is 2.08 bits per heavy atom. The molecule has 1 aromatic carbocycles. The predicted octanol–water partition coefficient (Wildman–Crippen LogP) is 1.98. The van der Waals surface area contributed by atoms with E-state index in [1.165, 1.54) is 19.2 Å². The lowest BCUT2D eigenvalue weighted by Gasteiger charge is -2.02. The Morgan fingerprint density at radius 3 is 2.62 bits per heavy atom. The molecule has 0 aromatic heterocycles. The number of methoxy groups -OCH3 is 1. The summed E-state index contributed by atoms with van der Waals surface area (Å²) < 4.78 is 30.6. The fraction of sp³-hybridized carbons (Fsp3) is 0.222. The molecule has 68 valence electrons. The van der Waals surface area contributed by atoms with E-state index in [4.69, 9.17) is 5.26 Å². The summed E-state index contributed by atoms with van der Waals surface area (Å²) >= 11 is 0. The third-order valence-corrected chi connectivity index (χ3v) is 1.58. The van der Waals surface area contributed by atoms with Crippen LogP contribution in [0.3, 0.4) is 0 Å². The van der Waals surface area contributed by atoms with Gasteiger partial charge in [-0.25, -0.2) is 8.78 Å². The third-order valence-electron chi connectivity index (χ3n) is 1.58. The number of nitriles is 1. The maximum Gasteiger partial charge on any atom is 0.176 e. The molecule has 0 aliphatic rings. The van der Waals surface area contributed by atoms with Gasteiger partial charge in [0.2, 0.25) is 0 Å². The van der Waals surface area contributed by atoms with Crippen LogP contribution in [0, 0.1) is 23.0 Å². The summed E-state index contributed by atoms with van der Waals surface area (Å²) in [4.78, 5) is 0. The number of halogens is 2. The second-order valence-corrected chi connectivity index (χ2v) is 2.45. The molecule has 0 aliphatic carbocycles. The second-order valence-electron chi connectivity index (χ2n) is 2.45. The molecule has 0 unspecified atom stereocenters. The van der Waals surface area contributed by atoms with E-state index in [2.05, 4.69) is 4.74 Å². The zero-order chi connectivity index (χ0) is 9.84. The van der Waals surface area contributed by atoms with Gasteiger partial charge >= 0.3 is 0 Å². The molecule has 0 N–H and O–H groups in total. The summed E-state index contributed by atoms with van der Waals surface area (Å²) in [5.74, 6) is -2.13. The second kappa shape index (κ2) is 3.97. The van der Waals surface area contributed by atoms with E-state index in [1.54, 1.807) is 6.07 Å². The fourth-order valence-corrected chi connectivity index (χ4v) is 0.943. The zero-order valence-corrected chi connectivity index (χ0v) is 6.97. The lowest BCUT2D eigenvalue weighted by atomic mass is 10.1. The summed E-state index contributed by atoms with van der Waals surface area (Å²) in [5.41, 5.74) is -0.184. The van der Waals surface area contributed by atoms with Crippen LogP contribution in [0.2, 0.25) is 0 Å². The minimum atomic E-state index is -1.11. The van der Waals surface area contributed by atoms with Crippen LogP contribution in [0.1, 0.15) is 11.1 Å². The largest absolute Gasteiger partial charge is 0.380 e. The Balaban J connectivity index is 3.17. The molecule has 0 saturated carbocycles. The van der Waals surface area contributed by atoms with E-state index in [1.807, 2.05) is 0 Å². The number of hydrogen-bond donors (Lipinski definition) is 0. The number of nitrogens with zero attached hydrogens (tertiary/aromatic N) is 1. The molecule has 0 atom stereocenters. The van der Waals surface area contributed by atoms with Crippen LogP contribution in [-0.2, 0) is 11.3 Å². The number of ether oxygens (including phenoxy) is 1. The Morgan fingerprint density at radius 1 is 1.38 bits per heavy atom. The summed E-state index contributed by atoms with van der Waals surface area (Å²) in [7, 11) is 1.38. The first-order valence-electron chi connectivity index (χ1n) is 3.56. The first-order valence-corrected chi connectivity index (χ1v) is 3.56. The maximum atomic E-state index is 13.0. The van der Waals surface area contributed by atoms with Gasteiger partial charge in [0.15, 0.2) is 11.6 Å². The highest BCUT2D eigenvalue weighted by molar-refractivity contribution is 5.34. The van der Waals surface area contributed by atoms with Gasteiger partial charge in [-0.05, 0) is 6.07 Å². The van der Waals surface area contributed by atoms with Crippen LogP contribution in [0.5, 0.6) is 0 Å². The lowest BCUT2D eigenvalue weighted by Crippen LogP contribution is -1.98. The van der Waals surface area contributed by atoms with E-state index in [9.17, 15) is 8.78 Å². The van der Waals surface area contributed by atoms with Crippen LogP contribution >= 0.6 is 0 Å². The molecule has 0 amide bonds. The molecular formula is C9H7F2NO. The van der Waals surface area contributed by atoms with E-state index < -0.39 is 11.6 Å². The van der Waals surface area contributed by atoms with Gasteiger partial charge in [0.25, 0.3) is 0 Å². The van der Waals surface area contributed by atoms with E-state index in [-0.39, 0.29) is 17.7 Å². The van der Waals surface area contributed by atoms with Crippen molar-refractivity contribution < 1.29 is 13.5 Å². The topological polar surface area (TPSA) is 33.0 Å². The molecule has 0 heterocycles. The third kappa shape index (κ3) is 1.82. The molecule has 1 rings (SSSR count). The maximum absolute atomic E-state index is 13.0. The summed E-state index contributed by atoms with van der Waals surface area (Å²) in [6.07, 6.45) is 0. The van der Waals surface area contributed by atoms with Crippen LogP contribution in [0.15, 0.2) is 12.1 Å². The van der Waals surface area contributed by atoms with Crippen molar-refractivity contribution in [2.24, 2.45) is 0 Å². The number of hydrogen-bond acceptors (Lipinski definition) is 2. The number of benzene rings is 1. The fourth-order valence-electron chi connectivity index (χ4n) is 0.943. The van der Waals surface area contributed by atoms with E-state index in [0.29, 0.717) is 0 Å². The van der Waals surface area contributed by atoms with Crippen molar-refractivity contribution in [2.75, 3.05) is 7.11 Å². The summed E-state index contributed by atoms with van der Waals surface area (Å²) in [6, 6.07) is 4.11. The minimum Gasteiger partial charge on any atom is -0.380 e. The molecule has 0 radical (unpaired) electrons. The van der Waals surface area contributed by atoms with Crippen LogP contribution in [0.25, 0.3) is 0 Å². The zero-order valence-electron chi connectivity index (χ0n) is 6.97. The summed E-state index contributed by atoms with van der Waals surface area (Å²) in [6.45, 7) is -0.00549. The van der Waals surface area contributed by atoms with Crippen LogP contribution in [-0.4, -0.2) is 7.11 Å². The molecule has 0 bridgehead atoms. The normalized spacial score (nSPS) is 9.69. The highest BCUT2D eigenvalue weighted by Gasteiger charge is 2.12. The highest BCUT2D eigenvalue weighted by Crippen LogP contribution is 2.16. The molecule has 0 aliphatic heterocycles. The Bertz CT molecular complexity index is 357. The molecule has 2 nitrogen and oxygen atoms in total. The molecule has 0 fully saturated rings. The van der Waals surface area contributed by atoms with Gasteiger partial charge in [-0.3, -0.25) is 0 Å². The van der Waals surface area contributed by atoms with Gasteiger partial charge in [0, 0.05) is 12.7 Å². The van der Waals surface area contributed by atoms with Gasteiger partial charge in [-0.15, -0.1) is 0 Å². The average molecular weight is 183 g/mol. The van der Waals surface area contributed by atoms with Crippen LogP contribution in [0.4, 0.5) is 8.78 Å². The van der Waals surface area contributed by atoms with Crippen LogP contribution < -0.4 is 0 Å².